The number of nitrogens with zero attached hydrogens (tertiary/aromatic N) is 1. The summed E-state index contributed by atoms with van der Waals surface area (Å²) in [5, 5.41) is 12.2. The van der Waals surface area contributed by atoms with E-state index in [-0.39, 0.29) is 5.56 Å². The number of alkyl halides is 2. The topological polar surface area (TPSA) is 35.8 Å². The molecule has 0 radical (unpaired) electrons. The van der Waals surface area contributed by atoms with E-state index in [1.54, 1.807) is 24.3 Å². The normalized spacial score (nSPS) is 10.3. The molecule has 5 heteroatoms. The van der Waals surface area contributed by atoms with Crippen molar-refractivity contribution >= 4 is 21.6 Å². The zero-order chi connectivity index (χ0) is 14.5. The number of hydrogen-bond acceptors (Lipinski definition) is 2. The molecule has 0 saturated heterocycles. The van der Waals surface area contributed by atoms with E-state index in [1.807, 2.05) is 6.07 Å². The first kappa shape index (κ1) is 14.5. The Morgan fingerprint density at radius 1 is 1.15 bits per heavy atom. The monoisotopic (exact) mass is 336 g/mol. The summed E-state index contributed by atoms with van der Waals surface area (Å²) in [6.07, 6.45) is -2.45. The van der Waals surface area contributed by atoms with Gasteiger partial charge in [-0.05, 0) is 23.8 Å². The van der Waals surface area contributed by atoms with E-state index in [9.17, 15) is 8.78 Å². The molecule has 0 unspecified atom stereocenters. The number of hydrogen-bond donors (Lipinski definition) is 1. The van der Waals surface area contributed by atoms with Crippen LogP contribution in [0.1, 0.15) is 23.1 Å². The molecule has 1 N–H and O–H groups in total. The average molecular weight is 337 g/mol. The van der Waals surface area contributed by atoms with Crippen LogP contribution in [-0.2, 0) is 6.54 Å². The van der Waals surface area contributed by atoms with Crippen molar-refractivity contribution in [3.05, 3.63) is 63.6 Å². The van der Waals surface area contributed by atoms with Crippen LogP contribution in [0.2, 0.25) is 0 Å². The molecule has 0 amide bonds. The summed E-state index contributed by atoms with van der Waals surface area (Å²) in [6, 6.07) is 13.6. The molecule has 0 spiro atoms. The molecule has 0 atom stereocenters. The van der Waals surface area contributed by atoms with E-state index < -0.39 is 6.43 Å². The maximum absolute atomic E-state index is 12.4. The Bertz CT molecular complexity index is 633. The van der Waals surface area contributed by atoms with Gasteiger partial charge in [-0.1, -0.05) is 40.2 Å². The largest absolute Gasteiger partial charge is 0.380 e. The van der Waals surface area contributed by atoms with Gasteiger partial charge in [0.25, 0.3) is 6.43 Å². The van der Waals surface area contributed by atoms with Crippen molar-refractivity contribution < 1.29 is 8.78 Å². The minimum Gasteiger partial charge on any atom is -0.380 e. The lowest BCUT2D eigenvalue weighted by Gasteiger charge is -2.09. The third-order valence-corrected chi connectivity index (χ3v) is 3.31. The van der Waals surface area contributed by atoms with Gasteiger partial charge < -0.3 is 5.32 Å². The van der Waals surface area contributed by atoms with Crippen LogP contribution in [0.3, 0.4) is 0 Å². The van der Waals surface area contributed by atoms with Gasteiger partial charge in [0.1, 0.15) is 6.07 Å². The van der Waals surface area contributed by atoms with Crippen molar-refractivity contribution in [3.63, 3.8) is 0 Å². The van der Waals surface area contributed by atoms with Crippen LogP contribution in [0.15, 0.2) is 46.9 Å². The standard InChI is InChI=1S/C15H11BrF2N2/c16-13-5-6-14(12(7-13)8-19)20-9-10-1-3-11(4-2-10)15(17)18/h1-7,15,20H,9H2. The van der Waals surface area contributed by atoms with E-state index in [0.29, 0.717) is 17.8 Å². The molecule has 102 valence electrons. The first-order valence-electron chi connectivity index (χ1n) is 5.90. The molecule has 2 nitrogen and oxygen atoms in total. The fourth-order valence-corrected chi connectivity index (χ4v) is 2.10. The second-order valence-corrected chi connectivity index (χ2v) is 5.11. The van der Waals surface area contributed by atoms with Gasteiger partial charge in [0.05, 0.1) is 11.3 Å². The Hall–Kier alpha value is -1.93. The van der Waals surface area contributed by atoms with Gasteiger partial charge in [-0.3, -0.25) is 0 Å². The van der Waals surface area contributed by atoms with Gasteiger partial charge in [-0.25, -0.2) is 8.78 Å². The molecule has 20 heavy (non-hydrogen) atoms. The number of anilines is 1. The van der Waals surface area contributed by atoms with Crippen LogP contribution in [0.25, 0.3) is 0 Å². The van der Waals surface area contributed by atoms with Gasteiger partial charge >= 0.3 is 0 Å². The predicted octanol–water partition coefficient (Wildman–Crippen LogP) is 4.87. The first-order valence-corrected chi connectivity index (χ1v) is 6.70. The molecule has 0 heterocycles. The highest BCUT2D eigenvalue weighted by atomic mass is 79.9. The molecule has 2 rings (SSSR count). The molecule has 2 aromatic carbocycles. The Balaban J connectivity index is 2.07. The lowest BCUT2D eigenvalue weighted by atomic mass is 10.1. The predicted molar refractivity (Wildman–Crippen MR) is 77.6 cm³/mol. The molecule has 0 fully saturated rings. The van der Waals surface area contributed by atoms with E-state index in [1.165, 1.54) is 12.1 Å². The van der Waals surface area contributed by atoms with Crippen molar-refractivity contribution in [1.82, 2.24) is 0 Å². The summed E-state index contributed by atoms with van der Waals surface area (Å²) >= 11 is 3.30. The summed E-state index contributed by atoms with van der Waals surface area (Å²) < 4.78 is 25.7. The third kappa shape index (κ3) is 3.55. The first-order chi connectivity index (χ1) is 9.60. The summed E-state index contributed by atoms with van der Waals surface area (Å²) in [7, 11) is 0. The molecule has 0 bridgehead atoms. The summed E-state index contributed by atoms with van der Waals surface area (Å²) in [5.74, 6) is 0. The maximum Gasteiger partial charge on any atom is 0.263 e. The minimum atomic E-state index is -2.45. The van der Waals surface area contributed by atoms with Crippen molar-refractivity contribution in [2.45, 2.75) is 13.0 Å². The Labute approximate surface area is 124 Å². The van der Waals surface area contributed by atoms with Crippen LogP contribution in [0.4, 0.5) is 14.5 Å². The fourth-order valence-electron chi connectivity index (χ4n) is 1.74. The zero-order valence-corrected chi connectivity index (χ0v) is 12.0. The van der Waals surface area contributed by atoms with Gasteiger partial charge in [-0.15, -0.1) is 0 Å². The summed E-state index contributed by atoms with van der Waals surface area (Å²) in [5.41, 5.74) is 2.13. The third-order valence-electron chi connectivity index (χ3n) is 2.82. The highest BCUT2D eigenvalue weighted by Gasteiger charge is 2.06. The smallest absolute Gasteiger partial charge is 0.263 e. The van der Waals surface area contributed by atoms with Gasteiger partial charge in [0.2, 0.25) is 0 Å². The summed E-state index contributed by atoms with van der Waals surface area (Å²) in [4.78, 5) is 0. The highest BCUT2D eigenvalue weighted by molar-refractivity contribution is 9.10. The quantitative estimate of drug-likeness (QED) is 0.864. The number of rotatable bonds is 4. The van der Waals surface area contributed by atoms with E-state index in [4.69, 9.17) is 5.26 Å². The number of halogens is 3. The second kappa shape index (κ2) is 6.49. The van der Waals surface area contributed by atoms with Crippen LogP contribution >= 0.6 is 15.9 Å². The van der Waals surface area contributed by atoms with Crippen molar-refractivity contribution in [3.8, 4) is 6.07 Å². The van der Waals surface area contributed by atoms with Crippen LogP contribution in [0, 0.1) is 11.3 Å². The minimum absolute atomic E-state index is 0.00936. The van der Waals surface area contributed by atoms with Crippen LogP contribution < -0.4 is 5.32 Å². The van der Waals surface area contributed by atoms with Crippen LogP contribution in [0.5, 0.6) is 0 Å². The van der Waals surface area contributed by atoms with E-state index in [2.05, 4.69) is 27.3 Å². The molecular formula is C15H11BrF2N2. The lowest BCUT2D eigenvalue weighted by molar-refractivity contribution is 0.151. The second-order valence-electron chi connectivity index (χ2n) is 4.20. The number of nitrogens with one attached hydrogen (secondary N) is 1. The van der Waals surface area contributed by atoms with Gasteiger partial charge in [-0.2, -0.15) is 5.26 Å². The average Bonchev–Trinajstić information content (AvgIpc) is 2.46. The van der Waals surface area contributed by atoms with Gasteiger partial charge in [0, 0.05) is 16.6 Å². The summed E-state index contributed by atoms with van der Waals surface area (Å²) in [6.45, 7) is 0.472. The Morgan fingerprint density at radius 2 is 1.85 bits per heavy atom. The molecule has 2 aromatic rings. The molecule has 0 aliphatic heterocycles. The van der Waals surface area contributed by atoms with E-state index >= 15 is 0 Å². The Kier molecular flexibility index (Phi) is 4.70. The highest BCUT2D eigenvalue weighted by Crippen LogP contribution is 2.22. The Morgan fingerprint density at radius 3 is 2.45 bits per heavy atom. The van der Waals surface area contributed by atoms with Crippen molar-refractivity contribution in [1.29, 1.82) is 5.26 Å². The molecule has 0 aliphatic rings. The van der Waals surface area contributed by atoms with Crippen molar-refractivity contribution in [2.24, 2.45) is 0 Å². The molecule has 0 aromatic heterocycles. The van der Waals surface area contributed by atoms with Crippen molar-refractivity contribution in [2.75, 3.05) is 5.32 Å². The van der Waals surface area contributed by atoms with Crippen LogP contribution in [-0.4, -0.2) is 0 Å². The maximum atomic E-state index is 12.4. The SMILES string of the molecule is N#Cc1cc(Br)ccc1NCc1ccc(C(F)F)cc1. The van der Waals surface area contributed by atoms with Gasteiger partial charge in [0.15, 0.2) is 0 Å². The number of nitriles is 1. The molecular weight excluding hydrogens is 326 g/mol. The molecule has 0 aliphatic carbocycles. The fraction of sp³-hybridized carbons (Fsp3) is 0.133. The number of benzene rings is 2. The zero-order valence-electron chi connectivity index (χ0n) is 10.4. The molecule has 0 saturated carbocycles. The lowest BCUT2D eigenvalue weighted by Crippen LogP contribution is -2.01. The van der Waals surface area contributed by atoms with E-state index in [0.717, 1.165) is 10.0 Å².